The fourth-order valence-corrected chi connectivity index (χ4v) is 5.33. The van der Waals surface area contributed by atoms with Crippen molar-refractivity contribution in [3.05, 3.63) is 65.5 Å². The van der Waals surface area contributed by atoms with Crippen LogP contribution in [0.15, 0.2) is 58.6 Å². The molecule has 0 spiro atoms. The number of rotatable bonds is 8. The van der Waals surface area contributed by atoms with E-state index in [4.69, 9.17) is 4.74 Å². The number of anilines is 1. The van der Waals surface area contributed by atoms with Gasteiger partial charge >= 0.3 is 0 Å². The number of hydrogen-bond donors (Lipinski definition) is 2. The largest absolute Gasteiger partial charge is 0.379 e. The van der Waals surface area contributed by atoms with Crippen molar-refractivity contribution in [2.75, 3.05) is 37.4 Å². The lowest BCUT2D eigenvalue weighted by Gasteiger charge is -2.26. The van der Waals surface area contributed by atoms with Crippen LogP contribution in [0.5, 0.6) is 0 Å². The summed E-state index contributed by atoms with van der Waals surface area (Å²) in [6.07, 6.45) is 3.80. The number of thioether (sulfide) groups is 1. The molecule has 4 rings (SSSR count). The van der Waals surface area contributed by atoms with Crippen molar-refractivity contribution in [3.63, 3.8) is 0 Å². The molecule has 0 atom stereocenters. The number of aromatic nitrogens is 3. The number of nitrogens with zero attached hydrogens (tertiary/aromatic N) is 3. The van der Waals surface area contributed by atoms with Crippen molar-refractivity contribution in [1.82, 2.24) is 19.5 Å². The summed E-state index contributed by atoms with van der Waals surface area (Å²) in [4.78, 5) is 16.9. The Labute approximate surface area is 202 Å². The minimum Gasteiger partial charge on any atom is -0.379 e. The van der Waals surface area contributed by atoms with E-state index in [1.165, 1.54) is 28.2 Å². The number of H-pyrrole nitrogens is 1. The van der Waals surface area contributed by atoms with Crippen LogP contribution in [0.4, 0.5) is 5.69 Å². The van der Waals surface area contributed by atoms with Crippen LogP contribution in [0.2, 0.25) is 0 Å². The topological polar surface area (TPSA) is 117 Å². The van der Waals surface area contributed by atoms with Crippen molar-refractivity contribution in [2.24, 2.45) is 0 Å². The molecule has 11 heteroatoms. The maximum atomic E-state index is 12.7. The third-order valence-electron chi connectivity index (χ3n) is 5.17. The number of carbonyl (C=O) groups excluding carboxylic acids is 1. The molecule has 0 bridgehead atoms. The molecular formula is C23H25N5O4S2. The lowest BCUT2D eigenvalue weighted by atomic mass is 10.1. The van der Waals surface area contributed by atoms with Crippen molar-refractivity contribution >= 4 is 45.5 Å². The van der Waals surface area contributed by atoms with Crippen LogP contribution in [-0.2, 0) is 19.6 Å². The standard InChI is InChI=1S/C23H25N5O4S2/c1-17-4-2-3-5-18(17)6-11-21-25-23(27-26-21)33-16-22(29)24-19-7-9-20(10-8-19)34(30,31)28-12-14-32-15-13-28/h2-11H,12-16H2,1H3,(H,24,29)(H,25,26,27)/b11-6+. The normalized spacial score (nSPS) is 15.0. The Bertz CT molecular complexity index is 1270. The minimum atomic E-state index is -3.57. The molecule has 0 saturated carbocycles. The van der Waals surface area contributed by atoms with E-state index in [-0.39, 0.29) is 16.6 Å². The van der Waals surface area contributed by atoms with Gasteiger partial charge in [0.25, 0.3) is 0 Å². The van der Waals surface area contributed by atoms with E-state index in [1.54, 1.807) is 12.1 Å². The van der Waals surface area contributed by atoms with Crippen LogP contribution in [0, 0.1) is 6.92 Å². The Hall–Kier alpha value is -2.99. The third kappa shape index (κ3) is 6.11. The second kappa shape index (κ2) is 11.0. The number of carbonyl (C=O) groups is 1. The highest BCUT2D eigenvalue weighted by Gasteiger charge is 2.26. The van der Waals surface area contributed by atoms with E-state index < -0.39 is 10.0 Å². The van der Waals surface area contributed by atoms with Crippen LogP contribution < -0.4 is 5.32 Å². The summed E-state index contributed by atoms with van der Waals surface area (Å²) in [5.74, 6) is 0.478. The Morgan fingerprint density at radius 2 is 1.88 bits per heavy atom. The van der Waals surface area contributed by atoms with E-state index in [2.05, 4.69) is 20.5 Å². The predicted molar refractivity (Wildman–Crippen MR) is 132 cm³/mol. The highest BCUT2D eigenvalue weighted by Crippen LogP contribution is 2.20. The fraction of sp³-hybridized carbons (Fsp3) is 0.261. The van der Waals surface area contributed by atoms with Crippen LogP contribution in [0.3, 0.4) is 0 Å². The molecule has 0 aliphatic carbocycles. The number of aromatic amines is 1. The Kier molecular flexibility index (Phi) is 7.78. The number of sulfonamides is 1. The zero-order chi connectivity index (χ0) is 24.0. The fourth-order valence-electron chi connectivity index (χ4n) is 3.31. The summed E-state index contributed by atoms with van der Waals surface area (Å²) < 4.78 is 32.0. The lowest BCUT2D eigenvalue weighted by molar-refractivity contribution is -0.113. The Morgan fingerprint density at radius 1 is 1.15 bits per heavy atom. The molecule has 1 saturated heterocycles. The molecule has 1 fully saturated rings. The maximum absolute atomic E-state index is 12.7. The van der Waals surface area contributed by atoms with Gasteiger partial charge < -0.3 is 10.1 Å². The van der Waals surface area contributed by atoms with Gasteiger partial charge in [0.15, 0.2) is 0 Å². The second-order valence-electron chi connectivity index (χ2n) is 7.57. The number of ether oxygens (including phenoxy) is 1. The van der Waals surface area contributed by atoms with E-state index in [0.29, 0.717) is 43.0 Å². The van der Waals surface area contributed by atoms with Gasteiger partial charge in [0, 0.05) is 18.8 Å². The number of hydrogen-bond acceptors (Lipinski definition) is 7. The predicted octanol–water partition coefficient (Wildman–Crippen LogP) is 3.04. The highest BCUT2D eigenvalue weighted by atomic mass is 32.2. The first kappa shape index (κ1) is 24.1. The van der Waals surface area contributed by atoms with Gasteiger partial charge in [-0.3, -0.25) is 9.89 Å². The van der Waals surface area contributed by atoms with Crippen LogP contribution in [0.1, 0.15) is 17.0 Å². The quantitative estimate of drug-likeness (QED) is 0.458. The van der Waals surface area contributed by atoms with E-state index in [1.807, 2.05) is 43.3 Å². The van der Waals surface area contributed by atoms with Gasteiger partial charge in [-0.05, 0) is 48.4 Å². The molecule has 1 aliphatic heterocycles. The average molecular weight is 500 g/mol. The monoisotopic (exact) mass is 499 g/mol. The molecule has 2 heterocycles. The molecule has 1 amide bonds. The summed E-state index contributed by atoms with van der Waals surface area (Å²) in [5.41, 5.74) is 2.77. The molecule has 2 aromatic carbocycles. The number of morpholine rings is 1. The molecule has 2 N–H and O–H groups in total. The summed E-state index contributed by atoms with van der Waals surface area (Å²) in [7, 11) is -3.57. The van der Waals surface area contributed by atoms with E-state index >= 15 is 0 Å². The molecule has 1 aromatic heterocycles. The molecule has 0 radical (unpaired) electrons. The summed E-state index contributed by atoms with van der Waals surface area (Å²) in [6, 6.07) is 14.2. The smallest absolute Gasteiger partial charge is 0.243 e. The van der Waals surface area contributed by atoms with Crippen molar-refractivity contribution < 1.29 is 17.9 Å². The van der Waals surface area contributed by atoms with Gasteiger partial charge in [0.2, 0.25) is 21.1 Å². The average Bonchev–Trinajstić information content (AvgIpc) is 3.31. The van der Waals surface area contributed by atoms with E-state index in [0.717, 1.165) is 11.1 Å². The van der Waals surface area contributed by atoms with Crippen LogP contribution >= 0.6 is 11.8 Å². The SMILES string of the molecule is Cc1ccccc1/C=C/c1nc(SCC(=O)Nc2ccc(S(=O)(=O)N3CCOCC3)cc2)n[nH]1. The Morgan fingerprint density at radius 3 is 2.62 bits per heavy atom. The number of nitrogens with one attached hydrogen (secondary N) is 2. The molecule has 34 heavy (non-hydrogen) atoms. The maximum Gasteiger partial charge on any atom is 0.243 e. The number of benzene rings is 2. The van der Waals surface area contributed by atoms with E-state index in [9.17, 15) is 13.2 Å². The summed E-state index contributed by atoms with van der Waals surface area (Å²) >= 11 is 1.21. The van der Waals surface area contributed by atoms with Gasteiger partial charge in [0.05, 0.1) is 23.9 Å². The summed E-state index contributed by atoms with van der Waals surface area (Å²) in [5, 5.41) is 10.2. The molecule has 9 nitrogen and oxygen atoms in total. The number of aryl methyl sites for hydroxylation is 1. The minimum absolute atomic E-state index is 0.118. The molecule has 0 unspecified atom stereocenters. The zero-order valence-electron chi connectivity index (χ0n) is 18.6. The van der Waals surface area contributed by atoms with Gasteiger partial charge in [-0.25, -0.2) is 13.4 Å². The highest BCUT2D eigenvalue weighted by molar-refractivity contribution is 7.99. The number of amides is 1. The van der Waals surface area contributed by atoms with Crippen LogP contribution in [0.25, 0.3) is 12.2 Å². The second-order valence-corrected chi connectivity index (χ2v) is 10.5. The zero-order valence-corrected chi connectivity index (χ0v) is 20.2. The molecule has 1 aliphatic rings. The lowest BCUT2D eigenvalue weighted by Crippen LogP contribution is -2.40. The van der Waals surface area contributed by atoms with Crippen molar-refractivity contribution in [2.45, 2.75) is 17.0 Å². The first-order chi connectivity index (χ1) is 16.4. The molecular weight excluding hydrogens is 474 g/mol. The van der Waals surface area contributed by atoms with Crippen LogP contribution in [-0.4, -0.2) is 65.9 Å². The van der Waals surface area contributed by atoms with Crippen molar-refractivity contribution in [1.29, 1.82) is 0 Å². The summed E-state index contributed by atoms with van der Waals surface area (Å²) in [6.45, 7) is 3.49. The molecule has 178 valence electrons. The Balaban J connectivity index is 1.28. The van der Waals surface area contributed by atoms with Gasteiger partial charge in [-0.15, -0.1) is 5.10 Å². The van der Waals surface area contributed by atoms with Gasteiger partial charge in [-0.1, -0.05) is 42.1 Å². The molecule has 3 aromatic rings. The first-order valence-corrected chi connectivity index (χ1v) is 13.1. The van der Waals surface area contributed by atoms with Gasteiger partial charge in [-0.2, -0.15) is 4.31 Å². The van der Waals surface area contributed by atoms with Crippen molar-refractivity contribution in [3.8, 4) is 0 Å². The van der Waals surface area contributed by atoms with Gasteiger partial charge in [0.1, 0.15) is 5.82 Å². The first-order valence-electron chi connectivity index (χ1n) is 10.7. The third-order valence-corrected chi connectivity index (χ3v) is 7.93.